The van der Waals surface area contributed by atoms with E-state index in [1.807, 2.05) is 24.3 Å². The Labute approximate surface area is 84.5 Å². The average molecular weight is 192 g/mol. The summed E-state index contributed by atoms with van der Waals surface area (Å²) >= 11 is 0. The van der Waals surface area contributed by atoms with Crippen molar-refractivity contribution in [3.05, 3.63) is 29.8 Å². The Morgan fingerprint density at radius 2 is 2.00 bits per heavy atom. The van der Waals surface area contributed by atoms with E-state index in [1.165, 1.54) is 12.8 Å². The van der Waals surface area contributed by atoms with E-state index in [-0.39, 0.29) is 0 Å². The normalized spacial score (nSPS) is 17.9. The van der Waals surface area contributed by atoms with Gasteiger partial charge in [-0.25, -0.2) is 0 Å². The van der Waals surface area contributed by atoms with E-state index < -0.39 is 6.10 Å². The zero-order valence-corrected chi connectivity index (χ0v) is 8.44. The van der Waals surface area contributed by atoms with E-state index in [0.717, 1.165) is 23.8 Å². The first-order chi connectivity index (χ1) is 6.75. The van der Waals surface area contributed by atoms with Crippen molar-refractivity contribution in [1.82, 2.24) is 0 Å². The number of benzene rings is 1. The van der Waals surface area contributed by atoms with Gasteiger partial charge in [-0.3, -0.25) is 0 Å². The maximum atomic E-state index is 9.30. The predicted molar refractivity (Wildman–Crippen MR) is 55.3 cm³/mol. The largest absolute Gasteiger partial charge is 0.493 e. The van der Waals surface area contributed by atoms with Crippen LogP contribution in [0.3, 0.4) is 0 Å². The fourth-order valence-electron chi connectivity index (χ4n) is 1.34. The number of hydrogen-bond acceptors (Lipinski definition) is 2. The summed E-state index contributed by atoms with van der Waals surface area (Å²) in [6, 6.07) is 7.66. The van der Waals surface area contributed by atoms with Crippen molar-refractivity contribution in [1.29, 1.82) is 0 Å². The van der Waals surface area contributed by atoms with Crippen LogP contribution in [0.25, 0.3) is 0 Å². The minimum Gasteiger partial charge on any atom is -0.493 e. The molecule has 76 valence electrons. The molecular weight excluding hydrogens is 176 g/mol. The van der Waals surface area contributed by atoms with Crippen LogP contribution in [0.2, 0.25) is 0 Å². The zero-order valence-electron chi connectivity index (χ0n) is 8.44. The van der Waals surface area contributed by atoms with Gasteiger partial charge in [-0.05, 0) is 43.4 Å². The monoisotopic (exact) mass is 192 g/mol. The summed E-state index contributed by atoms with van der Waals surface area (Å²) in [6.45, 7) is 2.61. The lowest BCUT2D eigenvalue weighted by molar-refractivity contribution is 0.199. The van der Waals surface area contributed by atoms with Gasteiger partial charge in [-0.2, -0.15) is 0 Å². The summed E-state index contributed by atoms with van der Waals surface area (Å²) in [6.07, 6.45) is 2.23. The summed E-state index contributed by atoms with van der Waals surface area (Å²) in [4.78, 5) is 0. The van der Waals surface area contributed by atoms with E-state index in [4.69, 9.17) is 4.74 Å². The fourth-order valence-corrected chi connectivity index (χ4v) is 1.34. The lowest BCUT2D eigenvalue weighted by Crippen LogP contribution is -1.99. The van der Waals surface area contributed by atoms with Crippen molar-refractivity contribution in [2.45, 2.75) is 25.9 Å². The van der Waals surface area contributed by atoms with Crippen molar-refractivity contribution in [3.8, 4) is 5.75 Å². The van der Waals surface area contributed by atoms with Crippen LogP contribution in [0.1, 0.15) is 31.4 Å². The van der Waals surface area contributed by atoms with E-state index in [0.29, 0.717) is 0 Å². The minimum atomic E-state index is -0.396. The van der Waals surface area contributed by atoms with Crippen LogP contribution in [-0.2, 0) is 0 Å². The molecule has 1 aromatic carbocycles. The Bertz CT molecular complexity index is 286. The number of aliphatic hydroxyl groups excluding tert-OH is 1. The predicted octanol–water partition coefficient (Wildman–Crippen LogP) is 2.53. The molecule has 1 aromatic rings. The summed E-state index contributed by atoms with van der Waals surface area (Å²) in [5.74, 6) is 1.69. The molecule has 1 atom stereocenters. The Balaban J connectivity index is 1.91. The fraction of sp³-hybridized carbons (Fsp3) is 0.500. The van der Waals surface area contributed by atoms with Gasteiger partial charge in [-0.15, -0.1) is 0 Å². The quantitative estimate of drug-likeness (QED) is 0.794. The molecule has 0 amide bonds. The smallest absolute Gasteiger partial charge is 0.119 e. The van der Waals surface area contributed by atoms with Crippen molar-refractivity contribution in [2.75, 3.05) is 6.61 Å². The number of rotatable bonds is 4. The molecule has 0 saturated heterocycles. The molecule has 1 fully saturated rings. The van der Waals surface area contributed by atoms with Crippen LogP contribution >= 0.6 is 0 Å². The molecule has 1 saturated carbocycles. The van der Waals surface area contributed by atoms with E-state index in [2.05, 4.69) is 0 Å². The maximum absolute atomic E-state index is 9.30. The first-order valence-electron chi connectivity index (χ1n) is 5.16. The maximum Gasteiger partial charge on any atom is 0.119 e. The molecular formula is C12H16O2. The van der Waals surface area contributed by atoms with E-state index in [1.54, 1.807) is 6.92 Å². The molecule has 14 heavy (non-hydrogen) atoms. The van der Waals surface area contributed by atoms with Gasteiger partial charge in [0, 0.05) is 0 Å². The van der Waals surface area contributed by atoms with E-state index in [9.17, 15) is 5.11 Å². The highest BCUT2D eigenvalue weighted by atomic mass is 16.5. The molecule has 0 heterocycles. The van der Waals surface area contributed by atoms with Gasteiger partial charge >= 0.3 is 0 Å². The van der Waals surface area contributed by atoms with Gasteiger partial charge < -0.3 is 9.84 Å². The molecule has 0 aromatic heterocycles. The minimum absolute atomic E-state index is 0.396. The standard InChI is InChI=1S/C12H16O2/c1-9(13)11-4-6-12(7-5-11)14-8-10-2-3-10/h4-7,9-10,13H,2-3,8H2,1H3. The van der Waals surface area contributed by atoms with Crippen LogP contribution in [0.4, 0.5) is 0 Å². The second-order valence-electron chi connectivity index (χ2n) is 4.00. The molecule has 0 aliphatic heterocycles. The SMILES string of the molecule is CC(O)c1ccc(OCC2CC2)cc1. The van der Waals surface area contributed by atoms with Gasteiger partial charge in [0.2, 0.25) is 0 Å². The van der Waals surface area contributed by atoms with Crippen molar-refractivity contribution >= 4 is 0 Å². The molecule has 1 aliphatic rings. The summed E-state index contributed by atoms with van der Waals surface area (Å²) in [7, 11) is 0. The zero-order chi connectivity index (χ0) is 9.97. The van der Waals surface area contributed by atoms with Crippen molar-refractivity contribution in [2.24, 2.45) is 5.92 Å². The molecule has 1 N–H and O–H groups in total. The Morgan fingerprint density at radius 1 is 1.36 bits per heavy atom. The Kier molecular flexibility index (Phi) is 2.73. The van der Waals surface area contributed by atoms with Crippen LogP contribution in [0.5, 0.6) is 5.75 Å². The number of hydrogen-bond donors (Lipinski definition) is 1. The van der Waals surface area contributed by atoms with E-state index >= 15 is 0 Å². The van der Waals surface area contributed by atoms with Gasteiger partial charge in [0.05, 0.1) is 12.7 Å². The third-order valence-corrected chi connectivity index (χ3v) is 2.55. The third-order valence-electron chi connectivity index (χ3n) is 2.55. The van der Waals surface area contributed by atoms with Crippen LogP contribution < -0.4 is 4.74 Å². The second kappa shape index (κ2) is 4.01. The molecule has 0 radical (unpaired) electrons. The van der Waals surface area contributed by atoms with Gasteiger partial charge in [0.1, 0.15) is 5.75 Å². The van der Waals surface area contributed by atoms with Gasteiger partial charge in [-0.1, -0.05) is 12.1 Å². The summed E-state index contributed by atoms with van der Waals surface area (Å²) in [5, 5.41) is 9.30. The summed E-state index contributed by atoms with van der Waals surface area (Å²) < 4.78 is 5.58. The average Bonchev–Trinajstić information content (AvgIpc) is 2.99. The Morgan fingerprint density at radius 3 is 2.50 bits per heavy atom. The van der Waals surface area contributed by atoms with Gasteiger partial charge in [0.25, 0.3) is 0 Å². The van der Waals surface area contributed by atoms with Crippen molar-refractivity contribution in [3.63, 3.8) is 0 Å². The highest BCUT2D eigenvalue weighted by Crippen LogP contribution is 2.29. The van der Waals surface area contributed by atoms with Gasteiger partial charge in [0.15, 0.2) is 0 Å². The number of ether oxygens (including phenoxy) is 1. The van der Waals surface area contributed by atoms with Crippen molar-refractivity contribution < 1.29 is 9.84 Å². The Hall–Kier alpha value is -1.02. The first kappa shape index (κ1) is 9.53. The topological polar surface area (TPSA) is 29.5 Å². The molecule has 1 unspecified atom stereocenters. The second-order valence-corrected chi connectivity index (χ2v) is 4.00. The molecule has 1 aliphatic carbocycles. The number of aliphatic hydroxyl groups is 1. The molecule has 2 rings (SSSR count). The van der Waals surface area contributed by atoms with Crippen LogP contribution in [0, 0.1) is 5.92 Å². The van der Waals surface area contributed by atoms with Crippen LogP contribution in [-0.4, -0.2) is 11.7 Å². The summed E-state index contributed by atoms with van der Waals surface area (Å²) in [5.41, 5.74) is 0.934. The lowest BCUT2D eigenvalue weighted by Gasteiger charge is -2.07. The molecule has 0 spiro atoms. The highest BCUT2D eigenvalue weighted by Gasteiger charge is 2.21. The van der Waals surface area contributed by atoms with Crippen LogP contribution in [0.15, 0.2) is 24.3 Å². The third kappa shape index (κ3) is 2.48. The highest BCUT2D eigenvalue weighted by molar-refractivity contribution is 5.28. The molecule has 2 heteroatoms. The molecule has 2 nitrogen and oxygen atoms in total. The first-order valence-corrected chi connectivity index (χ1v) is 5.16. The molecule has 0 bridgehead atoms. The lowest BCUT2D eigenvalue weighted by atomic mass is 10.1.